The summed E-state index contributed by atoms with van der Waals surface area (Å²) in [5.41, 5.74) is 8.95. The minimum absolute atomic E-state index is 0.290. The number of halogens is 2. The number of nitrogen functional groups attached to an aromatic ring is 1. The Morgan fingerprint density at radius 1 is 1.24 bits per heavy atom. The van der Waals surface area contributed by atoms with Crippen LogP contribution in [0.25, 0.3) is 22.4 Å². The van der Waals surface area contributed by atoms with E-state index in [1.807, 2.05) is 6.07 Å². The maximum Gasteiger partial charge on any atom is 0.144 e. The van der Waals surface area contributed by atoms with E-state index in [1.165, 1.54) is 12.1 Å². The lowest BCUT2D eigenvalue weighted by molar-refractivity contribution is 0.629. The van der Waals surface area contributed by atoms with Gasteiger partial charge in [0, 0.05) is 17.8 Å². The number of fused-ring (bicyclic) bond motifs is 1. The molecular formula is C16H13ClFN3. The normalized spacial score (nSPS) is 14.8. The maximum atomic E-state index is 13.5. The summed E-state index contributed by atoms with van der Waals surface area (Å²) in [5, 5.41) is 0.563. The molecule has 0 spiro atoms. The van der Waals surface area contributed by atoms with Crippen LogP contribution in [0.4, 0.5) is 10.1 Å². The third-order valence-corrected chi connectivity index (χ3v) is 4.15. The predicted molar refractivity (Wildman–Crippen MR) is 82.8 cm³/mol. The zero-order chi connectivity index (χ0) is 14.6. The highest BCUT2D eigenvalue weighted by molar-refractivity contribution is 6.33. The van der Waals surface area contributed by atoms with Gasteiger partial charge in [-0.1, -0.05) is 17.7 Å². The Bertz CT molecular complexity index is 832. The van der Waals surface area contributed by atoms with Gasteiger partial charge >= 0.3 is 0 Å². The molecule has 5 heteroatoms. The van der Waals surface area contributed by atoms with Crippen LogP contribution in [-0.2, 0) is 0 Å². The Labute approximate surface area is 126 Å². The highest BCUT2D eigenvalue weighted by Crippen LogP contribution is 2.43. The molecule has 1 saturated carbocycles. The lowest BCUT2D eigenvalue weighted by atomic mass is 10.1. The summed E-state index contributed by atoms with van der Waals surface area (Å²) >= 11 is 6.31. The van der Waals surface area contributed by atoms with Crippen molar-refractivity contribution in [3.63, 3.8) is 0 Å². The number of imidazole rings is 1. The molecule has 2 aromatic carbocycles. The molecule has 1 aliphatic carbocycles. The molecule has 1 heterocycles. The molecule has 3 nitrogen and oxygen atoms in total. The number of hydrogen-bond donors (Lipinski definition) is 1. The van der Waals surface area contributed by atoms with Crippen LogP contribution in [-0.4, -0.2) is 9.55 Å². The Hall–Kier alpha value is -2.07. The number of nitrogens with two attached hydrogens (primary N) is 1. The first kappa shape index (κ1) is 12.7. The van der Waals surface area contributed by atoms with Gasteiger partial charge in [0.15, 0.2) is 0 Å². The van der Waals surface area contributed by atoms with Gasteiger partial charge in [-0.2, -0.15) is 0 Å². The van der Waals surface area contributed by atoms with Gasteiger partial charge in [-0.05, 0) is 37.1 Å². The molecule has 0 saturated heterocycles. The van der Waals surface area contributed by atoms with E-state index < -0.39 is 0 Å². The molecule has 0 amide bonds. The molecule has 3 aromatic rings. The lowest BCUT2D eigenvalue weighted by Gasteiger charge is -2.11. The first-order valence-electron chi connectivity index (χ1n) is 6.87. The first-order valence-corrected chi connectivity index (χ1v) is 7.25. The number of hydrogen-bond acceptors (Lipinski definition) is 2. The summed E-state index contributed by atoms with van der Waals surface area (Å²) in [6.07, 6.45) is 2.19. The van der Waals surface area contributed by atoms with Crippen LogP contribution in [0.1, 0.15) is 18.9 Å². The quantitative estimate of drug-likeness (QED) is 0.712. The van der Waals surface area contributed by atoms with Crippen molar-refractivity contribution in [2.45, 2.75) is 18.9 Å². The van der Waals surface area contributed by atoms with Gasteiger partial charge in [-0.3, -0.25) is 0 Å². The molecule has 0 bridgehead atoms. The molecule has 1 fully saturated rings. The average molecular weight is 302 g/mol. The van der Waals surface area contributed by atoms with Crippen LogP contribution in [0, 0.1) is 5.82 Å². The molecule has 106 valence electrons. The molecule has 1 aliphatic rings. The van der Waals surface area contributed by atoms with E-state index in [4.69, 9.17) is 17.3 Å². The van der Waals surface area contributed by atoms with Crippen molar-refractivity contribution in [1.82, 2.24) is 9.55 Å². The van der Waals surface area contributed by atoms with E-state index >= 15 is 0 Å². The molecule has 4 rings (SSSR count). The van der Waals surface area contributed by atoms with Crippen LogP contribution in [0.3, 0.4) is 0 Å². The first-order chi connectivity index (χ1) is 10.1. The fourth-order valence-corrected chi connectivity index (χ4v) is 2.99. The van der Waals surface area contributed by atoms with Gasteiger partial charge in [-0.25, -0.2) is 9.37 Å². The van der Waals surface area contributed by atoms with Crippen molar-refractivity contribution in [1.29, 1.82) is 0 Å². The van der Waals surface area contributed by atoms with E-state index in [9.17, 15) is 4.39 Å². The lowest BCUT2D eigenvalue weighted by Crippen LogP contribution is -2.00. The highest BCUT2D eigenvalue weighted by Gasteiger charge is 2.30. The van der Waals surface area contributed by atoms with E-state index in [0.717, 1.165) is 29.7 Å². The van der Waals surface area contributed by atoms with Crippen molar-refractivity contribution in [3.05, 3.63) is 47.2 Å². The second-order valence-electron chi connectivity index (χ2n) is 5.37. The minimum atomic E-state index is -0.290. The van der Waals surface area contributed by atoms with Gasteiger partial charge in [0.05, 0.1) is 21.6 Å². The number of anilines is 1. The number of benzene rings is 2. The van der Waals surface area contributed by atoms with Gasteiger partial charge in [0.1, 0.15) is 11.6 Å². The summed E-state index contributed by atoms with van der Waals surface area (Å²) in [7, 11) is 0. The van der Waals surface area contributed by atoms with E-state index in [-0.39, 0.29) is 5.82 Å². The molecule has 0 unspecified atom stereocenters. The van der Waals surface area contributed by atoms with E-state index in [0.29, 0.717) is 22.3 Å². The standard InChI is InChI=1S/C16H13ClFN3/c17-11-2-1-3-12(19)15(11)16-20-13-8-9(18)4-7-14(13)21(16)10-5-6-10/h1-4,7-8,10H,5-6,19H2. The molecule has 0 aliphatic heterocycles. The number of aromatic nitrogens is 2. The summed E-state index contributed by atoms with van der Waals surface area (Å²) < 4.78 is 15.6. The molecule has 0 radical (unpaired) electrons. The Morgan fingerprint density at radius 3 is 2.76 bits per heavy atom. The van der Waals surface area contributed by atoms with Crippen LogP contribution < -0.4 is 5.73 Å². The minimum Gasteiger partial charge on any atom is -0.398 e. The highest BCUT2D eigenvalue weighted by atomic mass is 35.5. The second kappa shape index (κ2) is 4.46. The summed E-state index contributed by atoms with van der Waals surface area (Å²) in [5.74, 6) is 0.433. The maximum absolute atomic E-state index is 13.5. The summed E-state index contributed by atoms with van der Waals surface area (Å²) in [6.45, 7) is 0. The summed E-state index contributed by atoms with van der Waals surface area (Å²) in [6, 6.07) is 10.5. The van der Waals surface area contributed by atoms with Gasteiger partial charge in [-0.15, -0.1) is 0 Å². The van der Waals surface area contributed by atoms with Crippen molar-refractivity contribution in [3.8, 4) is 11.4 Å². The van der Waals surface area contributed by atoms with E-state index in [1.54, 1.807) is 18.2 Å². The zero-order valence-electron chi connectivity index (χ0n) is 11.2. The van der Waals surface area contributed by atoms with Gasteiger partial charge < -0.3 is 10.3 Å². The molecule has 2 N–H and O–H groups in total. The largest absolute Gasteiger partial charge is 0.398 e. The smallest absolute Gasteiger partial charge is 0.144 e. The molecular weight excluding hydrogens is 289 g/mol. The average Bonchev–Trinajstić information content (AvgIpc) is 3.20. The second-order valence-corrected chi connectivity index (χ2v) is 5.78. The van der Waals surface area contributed by atoms with Gasteiger partial charge in [0.2, 0.25) is 0 Å². The monoisotopic (exact) mass is 301 g/mol. The predicted octanol–water partition coefficient (Wildman–Crippen LogP) is 4.41. The Balaban J connectivity index is 2.06. The summed E-state index contributed by atoms with van der Waals surface area (Å²) in [4.78, 5) is 4.59. The topological polar surface area (TPSA) is 43.8 Å². The zero-order valence-corrected chi connectivity index (χ0v) is 11.9. The molecule has 1 aromatic heterocycles. The third-order valence-electron chi connectivity index (χ3n) is 3.83. The number of nitrogens with zero attached hydrogens (tertiary/aromatic N) is 2. The SMILES string of the molecule is Nc1cccc(Cl)c1-c1nc2cc(F)ccc2n1C1CC1. The third kappa shape index (κ3) is 1.98. The van der Waals surface area contributed by atoms with Crippen LogP contribution >= 0.6 is 11.6 Å². The Kier molecular flexibility index (Phi) is 2.69. The van der Waals surface area contributed by atoms with Crippen molar-refractivity contribution < 1.29 is 4.39 Å². The van der Waals surface area contributed by atoms with Crippen molar-refractivity contribution in [2.24, 2.45) is 0 Å². The van der Waals surface area contributed by atoms with Crippen molar-refractivity contribution >= 4 is 28.3 Å². The van der Waals surface area contributed by atoms with Crippen LogP contribution in [0.5, 0.6) is 0 Å². The van der Waals surface area contributed by atoms with E-state index in [2.05, 4.69) is 9.55 Å². The van der Waals surface area contributed by atoms with Gasteiger partial charge in [0.25, 0.3) is 0 Å². The van der Waals surface area contributed by atoms with Crippen LogP contribution in [0.15, 0.2) is 36.4 Å². The number of rotatable bonds is 2. The fraction of sp³-hybridized carbons (Fsp3) is 0.188. The van der Waals surface area contributed by atoms with Crippen LogP contribution in [0.2, 0.25) is 5.02 Å². The molecule has 21 heavy (non-hydrogen) atoms. The Morgan fingerprint density at radius 2 is 2.05 bits per heavy atom. The molecule has 0 atom stereocenters. The fourth-order valence-electron chi connectivity index (χ4n) is 2.73. The van der Waals surface area contributed by atoms with Crippen molar-refractivity contribution in [2.75, 3.05) is 5.73 Å².